The molecule has 98 valence electrons. The summed E-state index contributed by atoms with van der Waals surface area (Å²) in [7, 11) is 1.24. The summed E-state index contributed by atoms with van der Waals surface area (Å²) >= 11 is 0. The summed E-state index contributed by atoms with van der Waals surface area (Å²) in [4.78, 5) is 10.8. The minimum absolute atomic E-state index is 0.310. The average Bonchev–Trinajstić information content (AvgIpc) is 2.88. The highest BCUT2D eigenvalue weighted by atomic mass is 19.1. The number of nitrogens with one attached hydrogen (secondary N) is 2. The SMILES string of the molecule is COC(=O)N/N=C/c1[nH]ncc1-c1ccc(F)cc1. The fraction of sp³-hybridized carbons (Fsp3) is 0.0833. The van der Waals surface area contributed by atoms with Gasteiger partial charge in [0.05, 0.1) is 25.2 Å². The molecule has 0 saturated heterocycles. The van der Waals surface area contributed by atoms with Crippen molar-refractivity contribution in [2.24, 2.45) is 5.10 Å². The van der Waals surface area contributed by atoms with Gasteiger partial charge < -0.3 is 4.74 Å². The lowest BCUT2D eigenvalue weighted by Gasteiger charge is -1.99. The van der Waals surface area contributed by atoms with Gasteiger partial charge in [0.25, 0.3) is 0 Å². The van der Waals surface area contributed by atoms with Crippen molar-refractivity contribution in [1.29, 1.82) is 0 Å². The molecule has 0 unspecified atom stereocenters. The zero-order valence-corrected chi connectivity index (χ0v) is 10.1. The molecule has 0 fully saturated rings. The summed E-state index contributed by atoms with van der Waals surface area (Å²) in [5.74, 6) is -0.310. The van der Waals surface area contributed by atoms with Gasteiger partial charge in [-0.1, -0.05) is 12.1 Å². The molecular weight excluding hydrogens is 251 g/mol. The number of methoxy groups -OCH3 is 1. The maximum atomic E-state index is 12.8. The smallest absolute Gasteiger partial charge is 0.427 e. The second-order valence-electron chi connectivity index (χ2n) is 3.57. The number of hydrogen-bond acceptors (Lipinski definition) is 4. The molecule has 7 heteroatoms. The summed E-state index contributed by atoms with van der Waals surface area (Å²) < 4.78 is 17.2. The Morgan fingerprint density at radius 3 is 2.89 bits per heavy atom. The minimum Gasteiger partial charge on any atom is -0.452 e. The highest BCUT2D eigenvalue weighted by Crippen LogP contribution is 2.20. The van der Waals surface area contributed by atoms with Crippen LogP contribution in [0.5, 0.6) is 0 Å². The molecule has 0 bridgehead atoms. The number of ether oxygens (including phenoxy) is 1. The van der Waals surface area contributed by atoms with E-state index in [2.05, 4.69) is 25.5 Å². The van der Waals surface area contributed by atoms with Crippen molar-refractivity contribution in [3.63, 3.8) is 0 Å². The summed E-state index contributed by atoms with van der Waals surface area (Å²) in [6.07, 6.45) is 2.31. The van der Waals surface area contributed by atoms with Crippen LogP contribution in [0.25, 0.3) is 11.1 Å². The first kappa shape index (κ1) is 12.7. The molecule has 2 aromatic rings. The molecule has 0 aliphatic heterocycles. The van der Waals surface area contributed by atoms with Gasteiger partial charge in [-0.05, 0) is 17.7 Å². The Hall–Kier alpha value is -2.70. The predicted molar refractivity (Wildman–Crippen MR) is 67.1 cm³/mol. The fourth-order valence-corrected chi connectivity index (χ4v) is 1.45. The normalized spacial score (nSPS) is 10.6. The molecule has 0 saturated carbocycles. The Morgan fingerprint density at radius 2 is 2.21 bits per heavy atom. The molecule has 19 heavy (non-hydrogen) atoms. The molecule has 2 N–H and O–H groups in total. The molecule has 6 nitrogen and oxygen atoms in total. The number of amides is 1. The van der Waals surface area contributed by atoms with E-state index < -0.39 is 6.09 Å². The number of nitrogens with zero attached hydrogens (tertiary/aromatic N) is 2. The van der Waals surface area contributed by atoms with Gasteiger partial charge in [0.15, 0.2) is 0 Å². The topological polar surface area (TPSA) is 79.4 Å². The quantitative estimate of drug-likeness (QED) is 0.655. The van der Waals surface area contributed by atoms with Gasteiger partial charge in [0.2, 0.25) is 0 Å². The maximum absolute atomic E-state index is 12.8. The lowest BCUT2D eigenvalue weighted by atomic mass is 10.1. The molecule has 0 aliphatic carbocycles. The molecule has 2 rings (SSSR count). The lowest BCUT2D eigenvalue weighted by molar-refractivity contribution is 0.171. The van der Waals surface area contributed by atoms with Gasteiger partial charge in [-0.25, -0.2) is 14.6 Å². The van der Waals surface area contributed by atoms with Crippen LogP contribution in [0.1, 0.15) is 5.69 Å². The van der Waals surface area contributed by atoms with Crippen LogP contribution >= 0.6 is 0 Å². The van der Waals surface area contributed by atoms with Crippen molar-refractivity contribution < 1.29 is 13.9 Å². The van der Waals surface area contributed by atoms with Gasteiger partial charge >= 0.3 is 6.09 Å². The number of H-pyrrole nitrogens is 1. The first-order valence-corrected chi connectivity index (χ1v) is 5.37. The molecular formula is C12H11FN4O2. The largest absolute Gasteiger partial charge is 0.452 e. The van der Waals surface area contributed by atoms with E-state index in [1.165, 1.54) is 25.5 Å². The van der Waals surface area contributed by atoms with Crippen LogP contribution in [-0.4, -0.2) is 29.6 Å². The van der Waals surface area contributed by atoms with Crippen LogP contribution in [0.15, 0.2) is 35.6 Å². The highest BCUT2D eigenvalue weighted by molar-refractivity contribution is 5.88. The van der Waals surface area contributed by atoms with Crippen molar-refractivity contribution in [2.75, 3.05) is 7.11 Å². The van der Waals surface area contributed by atoms with E-state index in [0.29, 0.717) is 5.69 Å². The number of aromatic nitrogens is 2. The first-order chi connectivity index (χ1) is 9.20. The Labute approximate surface area is 108 Å². The number of aromatic amines is 1. The standard InChI is InChI=1S/C12H11FN4O2/c1-19-12(18)17-15-7-11-10(6-14-16-11)8-2-4-9(13)5-3-8/h2-7H,1H3,(H,14,16)(H,17,18)/b15-7+. The Balaban J connectivity index is 2.18. The van der Waals surface area contributed by atoms with E-state index in [4.69, 9.17) is 0 Å². The molecule has 0 spiro atoms. The number of hydrogen-bond donors (Lipinski definition) is 2. The number of benzene rings is 1. The fourth-order valence-electron chi connectivity index (χ4n) is 1.45. The molecule has 0 aliphatic rings. The van der Waals surface area contributed by atoms with Crippen molar-refractivity contribution in [1.82, 2.24) is 15.6 Å². The molecule has 0 radical (unpaired) electrons. The number of carbonyl (C=O) groups excluding carboxylic acids is 1. The molecule has 1 amide bonds. The Morgan fingerprint density at radius 1 is 1.47 bits per heavy atom. The van der Waals surface area contributed by atoms with Crippen molar-refractivity contribution >= 4 is 12.3 Å². The second-order valence-corrected chi connectivity index (χ2v) is 3.57. The van der Waals surface area contributed by atoms with Gasteiger partial charge in [0, 0.05) is 5.56 Å². The third-order valence-electron chi connectivity index (χ3n) is 2.36. The third kappa shape index (κ3) is 3.15. The second kappa shape index (κ2) is 5.76. The molecule has 1 heterocycles. The van der Waals surface area contributed by atoms with Crippen molar-refractivity contribution in [3.8, 4) is 11.1 Å². The summed E-state index contributed by atoms with van der Waals surface area (Å²) in [6, 6.07) is 5.97. The van der Waals surface area contributed by atoms with Crippen LogP contribution in [-0.2, 0) is 4.74 Å². The van der Waals surface area contributed by atoms with Crippen LogP contribution in [0.2, 0.25) is 0 Å². The van der Waals surface area contributed by atoms with Crippen molar-refractivity contribution in [2.45, 2.75) is 0 Å². The van der Waals surface area contributed by atoms with Gasteiger partial charge in [-0.3, -0.25) is 5.10 Å². The van der Waals surface area contributed by atoms with Crippen LogP contribution < -0.4 is 5.43 Å². The number of carbonyl (C=O) groups is 1. The van der Waals surface area contributed by atoms with Gasteiger partial charge in [-0.2, -0.15) is 10.2 Å². The van der Waals surface area contributed by atoms with E-state index in [9.17, 15) is 9.18 Å². The zero-order chi connectivity index (χ0) is 13.7. The average molecular weight is 262 g/mol. The van der Waals surface area contributed by atoms with Gasteiger partial charge in [-0.15, -0.1) is 0 Å². The van der Waals surface area contributed by atoms with Crippen molar-refractivity contribution in [3.05, 3.63) is 42.0 Å². The van der Waals surface area contributed by atoms with E-state index in [-0.39, 0.29) is 5.82 Å². The molecule has 1 aromatic carbocycles. The number of hydrazone groups is 1. The highest BCUT2D eigenvalue weighted by Gasteiger charge is 2.06. The van der Waals surface area contributed by atoms with E-state index in [0.717, 1.165) is 11.1 Å². The Bertz CT molecular complexity index is 592. The number of halogens is 1. The predicted octanol–water partition coefficient (Wildman–Crippen LogP) is 1.91. The first-order valence-electron chi connectivity index (χ1n) is 5.37. The Kier molecular flexibility index (Phi) is 3.87. The lowest BCUT2D eigenvalue weighted by Crippen LogP contribution is -2.16. The minimum atomic E-state index is -0.668. The summed E-state index contributed by atoms with van der Waals surface area (Å²) in [5, 5.41) is 10.3. The maximum Gasteiger partial charge on any atom is 0.427 e. The van der Waals surface area contributed by atoms with Gasteiger partial charge in [0.1, 0.15) is 5.82 Å². The third-order valence-corrected chi connectivity index (χ3v) is 2.36. The summed E-state index contributed by atoms with van der Waals surface area (Å²) in [6.45, 7) is 0. The number of rotatable bonds is 3. The molecule has 0 atom stereocenters. The van der Waals surface area contributed by atoms with Crippen LogP contribution in [0, 0.1) is 5.82 Å². The molecule has 1 aromatic heterocycles. The summed E-state index contributed by atoms with van der Waals surface area (Å²) in [5.41, 5.74) is 4.28. The van der Waals surface area contributed by atoms with E-state index in [1.54, 1.807) is 18.3 Å². The monoisotopic (exact) mass is 262 g/mol. The van der Waals surface area contributed by atoms with Crippen LogP contribution in [0.3, 0.4) is 0 Å². The van der Waals surface area contributed by atoms with E-state index in [1.807, 2.05) is 0 Å². The zero-order valence-electron chi connectivity index (χ0n) is 10.1. The van der Waals surface area contributed by atoms with Crippen LogP contribution in [0.4, 0.5) is 9.18 Å². The van der Waals surface area contributed by atoms with E-state index >= 15 is 0 Å².